The Hall–Kier alpha value is -2.22. The van der Waals surface area contributed by atoms with Gasteiger partial charge in [-0.25, -0.2) is 13.6 Å². The maximum atomic E-state index is 14.7. The second-order valence-electron chi connectivity index (χ2n) is 10.2. The standard InChI is InChI=1S/C26H37F2N3O3/c1-5-20(15-21-8-7-17(3)31(21)25(33)34-6-2)29-11-9-26(10-12-29)16-30(18(4)32)24-22(26)13-19(27)14-23(24)28/h13-14,17,20-21H,5-12,15-16H2,1-4H3. The van der Waals surface area contributed by atoms with E-state index >= 15 is 0 Å². The van der Waals surface area contributed by atoms with Crippen molar-refractivity contribution in [3.8, 4) is 0 Å². The molecule has 0 N–H and O–H groups in total. The number of likely N-dealkylation sites (tertiary alicyclic amines) is 2. The summed E-state index contributed by atoms with van der Waals surface area (Å²) in [4.78, 5) is 30.7. The van der Waals surface area contributed by atoms with Crippen LogP contribution in [0.2, 0.25) is 0 Å². The topological polar surface area (TPSA) is 53.1 Å². The summed E-state index contributed by atoms with van der Waals surface area (Å²) in [6.45, 7) is 9.89. The molecule has 3 atom stereocenters. The van der Waals surface area contributed by atoms with Gasteiger partial charge in [-0.05, 0) is 77.1 Å². The molecule has 34 heavy (non-hydrogen) atoms. The van der Waals surface area contributed by atoms with Crippen LogP contribution in [-0.4, -0.2) is 66.2 Å². The number of nitrogens with zero attached hydrogens (tertiary/aromatic N) is 3. The number of ether oxygens (including phenoxy) is 1. The zero-order valence-electron chi connectivity index (χ0n) is 20.8. The third-order valence-electron chi connectivity index (χ3n) is 8.26. The molecule has 3 aliphatic rings. The molecule has 0 saturated carbocycles. The third-order valence-corrected chi connectivity index (χ3v) is 8.26. The summed E-state index contributed by atoms with van der Waals surface area (Å²) in [6.07, 6.45) is 5.09. The second-order valence-corrected chi connectivity index (χ2v) is 10.2. The van der Waals surface area contributed by atoms with E-state index in [0.29, 0.717) is 24.8 Å². The molecule has 3 heterocycles. The Morgan fingerprint density at radius 3 is 2.50 bits per heavy atom. The number of piperidine rings is 1. The summed E-state index contributed by atoms with van der Waals surface area (Å²) in [5.41, 5.74) is 0.461. The van der Waals surface area contributed by atoms with Crippen LogP contribution >= 0.6 is 0 Å². The summed E-state index contributed by atoms with van der Waals surface area (Å²) in [5.74, 6) is -1.47. The lowest BCUT2D eigenvalue weighted by molar-refractivity contribution is -0.116. The first-order chi connectivity index (χ1) is 16.2. The average Bonchev–Trinajstić information content (AvgIpc) is 3.31. The molecule has 0 bridgehead atoms. The van der Waals surface area contributed by atoms with E-state index in [2.05, 4.69) is 18.7 Å². The maximum Gasteiger partial charge on any atom is 0.410 e. The van der Waals surface area contributed by atoms with Crippen LogP contribution in [0.3, 0.4) is 0 Å². The molecule has 1 aromatic rings. The van der Waals surface area contributed by atoms with Crippen LogP contribution in [0.4, 0.5) is 19.3 Å². The lowest BCUT2D eigenvalue weighted by Crippen LogP contribution is -2.51. The van der Waals surface area contributed by atoms with Gasteiger partial charge in [0.25, 0.3) is 0 Å². The van der Waals surface area contributed by atoms with Gasteiger partial charge in [-0.2, -0.15) is 0 Å². The zero-order chi connectivity index (χ0) is 24.6. The molecule has 0 radical (unpaired) electrons. The van der Waals surface area contributed by atoms with E-state index in [1.165, 1.54) is 17.9 Å². The zero-order valence-corrected chi connectivity index (χ0v) is 20.8. The third kappa shape index (κ3) is 4.41. The van der Waals surface area contributed by atoms with Gasteiger partial charge in [-0.3, -0.25) is 4.79 Å². The second kappa shape index (κ2) is 9.80. The Bertz CT molecular complexity index is 932. The number of amides is 2. The van der Waals surface area contributed by atoms with E-state index in [4.69, 9.17) is 4.74 Å². The quantitative estimate of drug-likeness (QED) is 0.609. The first-order valence-electron chi connectivity index (χ1n) is 12.7. The van der Waals surface area contributed by atoms with Crippen LogP contribution in [0.15, 0.2) is 12.1 Å². The lowest BCUT2D eigenvalue weighted by atomic mass is 9.73. The summed E-state index contributed by atoms with van der Waals surface area (Å²) in [7, 11) is 0. The molecule has 1 aromatic carbocycles. The van der Waals surface area contributed by atoms with Crippen LogP contribution in [0.1, 0.15) is 71.8 Å². The van der Waals surface area contributed by atoms with E-state index in [9.17, 15) is 18.4 Å². The van der Waals surface area contributed by atoms with Crippen molar-refractivity contribution in [2.24, 2.45) is 0 Å². The van der Waals surface area contributed by atoms with Gasteiger partial charge < -0.3 is 19.4 Å². The van der Waals surface area contributed by atoms with Crippen molar-refractivity contribution >= 4 is 17.7 Å². The van der Waals surface area contributed by atoms with E-state index < -0.39 is 17.0 Å². The van der Waals surface area contributed by atoms with Gasteiger partial charge in [-0.15, -0.1) is 0 Å². The van der Waals surface area contributed by atoms with Gasteiger partial charge in [0.15, 0.2) is 0 Å². The number of fused-ring (bicyclic) bond motifs is 2. The number of carbonyl (C=O) groups is 2. The van der Waals surface area contributed by atoms with Gasteiger partial charge in [0.05, 0.1) is 12.3 Å². The fourth-order valence-electron chi connectivity index (χ4n) is 6.44. The summed E-state index contributed by atoms with van der Waals surface area (Å²) in [6, 6.07) is 2.96. The summed E-state index contributed by atoms with van der Waals surface area (Å²) < 4.78 is 34.2. The van der Waals surface area contributed by atoms with Gasteiger partial charge >= 0.3 is 6.09 Å². The molecule has 188 valence electrons. The first kappa shape index (κ1) is 24.9. The molecule has 2 fully saturated rings. The van der Waals surface area contributed by atoms with Crippen LogP contribution < -0.4 is 4.90 Å². The molecule has 0 aliphatic carbocycles. The number of anilines is 1. The smallest absolute Gasteiger partial charge is 0.410 e. The van der Waals surface area contributed by atoms with E-state index in [1.54, 1.807) is 0 Å². The molecule has 6 nitrogen and oxygen atoms in total. The van der Waals surface area contributed by atoms with Crippen molar-refractivity contribution in [3.63, 3.8) is 0 Å². The fraction of sp³-hybridized carbons (Fsp3) is 0.692. The van der Waals surface area contributed by atoms with E-state index in [-0.39, 0.29) is 29.8 Å². The molecule has 3 unspecified atom stereocenters. The normalized spacial score (nSPS) is 25.0. The molecular weight excluding hydrogens is 440 g/mol. The highest BCUT2D eigenvalue weighted by Crippen LogP contribution is 2.49. The molecule has 3 aliphatic heterocycles. The van der Waals surface area contributed by atoms with Crippen molar-refractivity contribution < 1.29 is 23.1 Å². The van der Waals surface area contributed by atoms with Crippen LogP contribution in [0, 0.1) is 11.6 Å². The van der Waals surface area contributed by atoms with Crippen molar-refractivity contribution in [3.05, 3.63) is 29.3 Å². The van der Waals surface area contributed by atoms with Gasteiger partial charge in [0, 0.05) is 43.1 Å². The van der Waals surface area contributed by atoms with E-state index in [1.807, 2.05) is 11.8 Å². The summed E-state index contributed by atoms with van der Waals surface area (Å²) >= 11 is 0. The highest BCUT2D eigenvalue weighted by atomic mass is 19.1. The molecule has 0 aromatic heterocycles. The largest absolute Gasteiger partial charge is 0.450 e. The Labute approximate surface area is 201 Å². The highest BCUT2D eigenvalue weighted by Gasteiger charge is 2.48. The number of rotatable bonds is 5. The molecule has 1 spiro atoms. The monoisotopic (exact) mass is 477 g/mol. The van der Waals surface area contributed by atoms with Crippen LogP contribution in [-0.2, 0) is 14.9 Å². The van der Waals surface area contributed by atoms with Gasteiger partial charge in [0.1, 0.15) is 11.6 Å². The molecule has 8 heteroatoms. The number of halogens is 2. The van der Waals surface area contributed by atoms with Crippen molar-refractivity contribution in [1.29, 1.82) is 0 Å². The first-order valence-corrected chi connectivity index (χ1v) is 12.7. The number of benzene rings is 1. The number of hydrogen-bond acceptors (Lipinski definition) is 4. The Morgan fingerprint density at radius 2 is 1.88 bits per heavy atom. The lowest BCUT2D eigenvalue weighted by Gasteiger charge is -2.44. The van der Waals surface area contributed by atoms with Crippen molar-refractivity contribution in [2.45, 2.75) is 89.8 Å². The number of hydrogen-bond donors (Lipinski definition) is 0. The number of carbonyl (C=O) groups excluding carboxylic acids is 2. The van der Waals surface area contributed by atoms with Crippen molar-refractivity contribution in [2.75, 3.05) is 31.1 Å². The van der Waals surface area contributed by atoms with Crippen LogP contribution in [0.5, 0.6) is 0 Å². The predicted octanol–water partition coefficient (Wildman–Crippen LogP) is 4.84. The van der Waals surface area contributed by atoms with Gasteiger partial charge in [-0.1, -0.05) is 6.92 Å². The molecule has 2 saturated heterocycles. The Kier molecular flexibility index (Phi) is 7.17. The minimum Gasteiger partial charge on any atom is -0.450 e. The predicted molar refractivity (Wildman–Crippen MR) is 127 cm³/mol. The fourth-order valence-corrected chi connectivity index (χ4v) is 6.44. The minimum absolute atomic E-state index is 0.165. The van der Waals surface area contributed by atoms with Crippen molar-refractivity contribution in [1.82, 2.24) is 9.80 Å². The van der Waals surface area contributed by atoms with E-state index in [0.717, 1.165) is 57.7 Å². The van der Waals surface area contributed by atoms with Gasteiger partial charge in [0.2, 0.25) is 5.91 Å². The Morgan fingerprint density at radius 1 is 1.18 bits per heavy atom. The minimum atomic E-state index is -0.662. The maximum absolute atomic E-state index is 14.7. The highest BCUT2D eigenvalue weighted by molar-refractivity contribution is 5.95. The SMILES string of the molecule is CCOC(=O)N1C(C)CCC1CC(CC)N1CCC2(CC1)CN(C(C)=O)c1c(F)cc(F)cc12. The van der Waals surface area contributed by atoms with Crippen LogP contribution in [0.25, 0.3) is 0 Å². The Balaban J connectivity index is 1.48. The molecule has 2 amide bonds. The molecular formula is C26H37F2N3O3. The molecule has 4 rings (SSSR count). The average molecular weight is 478 g/mol. The summed E-state index contributed by atoms with van der Waals surface area (Å²) in [5, 5.41) is 0.